The Bertz CT molecular complexity index is 699. The third kappa shape index (κ3) is 2.96. The van der Waals surface area contributed by atoms with Crippen LogP contribution in [0.25, 0.3) is 0 Å². The van der Waals surface area contributed by atoms with Crippen molar-refractivity contribution < 1.29 is 15.0 Å². The minimum atomic E-state index is -1.41. The smallest absolute Gasteiger partial charge is 0.336 e. The number of carbonyl (C=O) groups is 1. The van der Waals surface area contributed by atoms with E-state index in [2.05, 4.69) is 17.9 Å². The molecule has 2 rings (SSSR count). The first kappa shape index (κ1) is 17.1. The van der Waals surface area contributed by atoms with Crippen molar-refractivity contribution in [3.63, 3.8) is 0 Å². The Balaban J connectivity index is 2.50. The Hall–Kier alpha value is -2.30. The highest BCUT2D eigenvalue weighted by Crippen LogP contribution is 2.57. The topological polar surface area (TPSA) is 81.3 Å². The van der Waals surface area contributed by atoms with Gasteiger partial charge in [0.05, 0.1) is 17.0 Å². The SMILES string of the molecule is CCC(CC)[C@](O)(C#Cc1ccccc1C(=O)O)C1(C#N)CC1. The molecule has 0 heterocycles. The van der Waals surface area contributed by atoms with E-state index >= 15 is 0 Å². The third-order valence-corrected chi connectivity index (χ3v) is 4.82. The molecule has 4 nitrogen and oxygen atoms in total. The molecule has 1 saturated carbocycles. The van der Waals surface area contributed by atoms with Gasteiger partial charge < -0.3 is 10.2 Å². The summed E-state index contributed by atoms with van der Waals surface area (Å²) >= 11 is 0. The van der Waals surface area contributed by atoms with E-state index < -0.39 is 17.0 Å². The number of carboxylic acids is 1. The van der Waals surface area contributed by atoms with Gasteiger partial charge in [-0.1, -0.05) is 37.8 Å². The van der Waals surface area contributed by atoms with E-state index in [1.807, 2.05) is 13.8 Å². The number of aromatic carboxylic acids is 1. The monoisotopic (exact) mass is 311 g/mol. The molecule has 1 aliphatic rings. The number of hydrogen-bond donors (Lipinski definition) is 2. The van der Waals surface area contributed by atoms with Crippen LogP contribution in [0.3, 0.4) is 0 Å². The highest BCUT2D eigenvalue weighted by molar-refractivity contribution is 5.90. The Morgan fingerprint density at radius 1 is 1.35 bits per heavy atom. The second kappa shape index (κ2) is 6.44. The summed E-state index contributed by atoms with van der Waals surface area (Å²) in [7, 11) is 0. The van der Waals surface area contributed by atoms with E-state index in [9.17, 15) is 20.3 Å². The molecule has 0 aromatic heterocycles. The van der Waals surface area contributed by atoms with Gasteiger partial charge in [0.15, 0.2) is 0 Å². The van der Waals surface area contributed by atoms with Crippen molar-refractivity contribution in [2.45, 2.75) is 45.1 Å². The zero-order chi connectivity index (χ0) is 17.1. The van der Waals surface area contributed by atoms with Crippen molar-refractivity contribution >= 4 is 5.97 Å². The second-order valence-corrected chi connectivity index (χ2v) is 6.07. The number of hydrogen-bond acceptors (Lipinski definition) is 3. The first-order chi connectivity index (χ1) is 10.9. The first-order valence-electron chi connectivity index (χ1n) is 7.93. The molecule has 1 aromatic rings. The number of nitriles is 1. The van der Waals surface area contributed by atoms with Crippen LogP contribution in [-0.4, -0.2) is 21.8 Å². The Labute approximate surface area is 136 Å². The summed E-state index contributed by atoms with van der Waals surface area (Å²) in [5.41, 5.74) is -1.77. The number of nitrogens with zero attached hydrogens (tertiary/aromatic N) is 1. The minimum Gasteiger partial charge on any atom is -0.478 e. The summed E-state index contributed by atoms with van der Waals surface area (Å²) < 4.78 is 0. The van der Waals surface area contributed by atoms with Crippen molar-refractivity contribution in [3.05, 3.63) is 35.4 Å². The zero-order valence-corrected chi connectivity index (χ0v) is 13.5. The maximum Gasteiger partial charge on any atom is 0.336 e. The highest BCUT2D eigenvalue weighted by atomic mass is 16.4. The summed E-state index contributed by atoms with van der Waals surface area (Å²) in [6, 6.07) is 8.70. The van der Waals surface area contributed by atoms with Crippen LogP contribution in [0.5, 0.6) is 0 Å². The van der Waals surface area contributed by atoms with Gasteiger partial charge in [0.2, 0.25) is 0 Å². The van der Waals surface area contributed by atoms with Gasteiger partial charge in [-0.05, 0) is 37.8 Å². The number of rotatable bonds is 5. The maximum atomic E-state index is 11.3. The lowest BCUT2D eigenvalue weighted by Crippen LogP contribution is -2.44. The van der Waals surface area contributed by atoms with Crippen LogP contribution >= 0.6 is 0 Å². The Morgan fingerprint density at radius 2 is 1.96 bits per heavy atom. The van der Waals surface area contributed by atoms with Gasteiger partial charge in [0.1, 0.15) is 5.60 Å². The molecular weight excluding hydrogens is 290 g/mol. The summed E-state index contributed by atoms with van der Waals surface area (Å²) in [5, 5.41) is 29.9. The van der Waals surface area contributed by atoms with Crippen molar-refractivity contribution in [3.8, 4) is 17.9 Å². The molecule has 2 N–H and O–H groups in total. The van der Waals surface area contributed by atoms with E-state index in [1.54, 1.807) is 18.2 Å². The molecule has 0 unspecified atom stereocenters. The molecule has 0 spiro atoms. The largest absolute Gasteiger partial charge is 0.478 e. The van der Waals surface area contributed by atoms with Crippen LogP contribution in [-0.2, 0) is 0 Å². The molecule has 1 aromatic carbocycles. The van der Waals surface area contributed by atoms with E-state index in [0.29, 0.717) is 31.2 Å². The van der Waals surface area contributed by atoms with Gasteiger partial charge in [-0.3, -0.25) is 0 Å². The molecular formula is C19H21NO3. The number of carboxylic acid groups (broad SMARTS) is 1. The van der Waals surface area contributed by atoms with Crippen LogP contribution in [0.15, 0.2) is 24.3 Å². The zero-order valence-electron chi connectivity index (χ0n) is 13.5. The average Bonchev–Trinajstić information content (AvgIpc) is 3.35. The molecule has 1 atom stereocenters. The quantitative estimate of drug-likeness (QED) is 0.818. The van der Waals surface area contributed by atoms with Gasteiger partial charge in [-0.25, -0.2) is 4.79 Å². The second-order valence-electron chi connectivity index (χ2n) is 6.07. The van der Waals surface area contributed by atoms with E-state index in [4.69, 9.17) is 0 Å². The Kier molecular flexibility index (Phi) is 4.78. The molecule has 1 aliphatic carbocycles. The molecule has 0 bridgehead atoms. The molecule has 120 valence electrons. The van der Waals surface area contributed by atoms with Gasteiger partial charge in [0, 0.05) is 11.5 Å². The average molecular weight is 311 g/mol. The predicted molar refractivity (Wildman–Crippen MR) is 86.6 cm³/mol. The lowest BCUT2D eigenvalue weighted by atomic mass is 9.73. The summed E-state index contributed by atoms with van der Waals surface area (Å²) in [4.78, 5) is 11.3. The fraction of sp³-hybridized carbons (Fsp3) is 0.474. The standard InChI is InChI=1S/C19H21NO3/c1-3-15(4-2)19(23,18(13-20)11-12-18)10-9-14-7-5-6-8-16(14)17(21)22/h5-8,15,23H,3-4,11-12H2,1-2H3,(H,21,22)/t19-/m1/s1. The van der Waals surface area contributed by atoms with Crippen molar-refractivity contribution in [2.24, 2.45) is 11.3 Å². The third-order valence-electron chi connectivity index (χ3n) is 4.82. The lowest BCUT2D eigenvalue weighted by molar-refractivity contribution is -0.0123. The summed E-state index contributed by atoms with van der Waals surface area (Å²) in [5.74, 6) is 4.55. The molecule has 0 saturated heterocycles. The highest BCUT2D eigenvalue weighted by Gasteiger charge is 2.61. The van der Waals surface area contributed by atoms with Crippen LogP contribution in [0.1, 0.15) is 55.5 Å². The van der Waals surface area contributed by atoms with Crippen LogP contribution in [0.2, 0.25) is 0 Å². The minimum absolute atomic E-state index is 0.105. The lowest BCUT2D eigenvalue weighted by Gasteiger charge is -2.34. The van der Waals surface area contributed by atoms with E-state index in [-0.39, 0.29) is 11.5 Å². The van der Waals surface area contributed by atoms with Gasteiger partial charge in [0.25, 0.3) is 0 Å². The van der Waals surface area contributed by atoms with Crippen LogP contribution in [0, 0.1) is 34.5 Å². The van der Waals surface area contributed by atoms with E-state index in [1.165, 1.54) is 6.07 Å². The van der Waals surface area contributed by atoms with E-state index in [0.717, 1.165) is 0 Å². The Morgan fingerprint density at radius 3 is 2.43 bits per heavy atom. The van der Waals surface area contributed by atoms with Crippen molar-refractivity contribution in [1.29, 1.82) is 5.26 Å². The fourth-order valence-electron chi connectivity index (χ4n) is 3.14. The molecule has 1 fully saturated rings. The van der Waals surface area contributed by atoms with Gasteiger partial charge in [-0.15, -0.1) is 0 Å². The number of aliphatic hydroxyl groups is 1. The normalized spacial score (nSPS) is 17.5. The van der Waals surface area contributed by atoms with Crippen LogP contribution < -0.4 is 0 Å². The number of benzene rings is 1. The van der Waals surface area contributed by atoms with Crippen molar-refractivity contribution in [2.75, 3.05) is 0 Å². The predicted octanol–water partition coefficient (Wildman–Crippen LogP) is 3.21. The first-order valence-corrected chi connectivity index (χ1v) is 7.93. The molecule has 0 amide bonds. The maximum absolute atomic E-state index is 11.3. The molecule has 0 radical (unpaired) electrons. The molecule has 4 heteroatoms. The summed E-state index contributed by atoms with van der Waals surface area (Å²) in [6.07, 6.45) is 2.69. The molecule has 23 heavy (non-hydrogen) atoms. The van der Waals surface area contributed by atoms with Gasteiger partial charge >= 0.3 is 5.97 Å². The van der Waals surface area contributed by atoms with Gasteiger partial charge in [-0.2, -0.15) is 5.26 Å². The van der Waals surface area contributed by atoms with Crippen LogP contribution in [0.4, 0.5) is 0 Å². The summed E-state index contributed by atoms with van der Waals surface area (Å²) in [6.45, 7) is 3.94. The van der Waals surface area contributed by atoms with Crippen molar-refractivity contribution in [1.82, 2.24) is 0 Å². The molecule has 0 aliphatic heterocycles. The fourth-order valence-corrected chi connectivity index (χ4v) is 3.14.